The highest BCUT2D eigenvalue weighted by atomic mass is 16.5. The molecule has 0 aliphatic carbocycles. The Bertz CT molecular complexity index is 796. The molecule has 0 saturated carbocycles. The smallest absolute Gasteiger partial charge is 0.223 e. The van der Waals surface area contributed by atoms with E-state index < -0.39 is 0 Å². The molecule has 4 rings (SSSR count). The van der Waals surface area contributed by atoms with Gasteiger partial charge < -0.3 is 15.0 Å². The second kappa shape index (κ2) is 8.21. The van der Waals surface area contributed by atoms with Crippen LogP contribution >= 0.6 is 0 Å². The number of piperidine rings is 1. The third-order valence-corrected chi connectivity index (χ3v) is 5.92. The van der Waals surface area contributed by atoms with Crippen molar-refractivity contribution in [2.45, 2.75) is 32.6 Å². The number of aryl methyl sites for hydroxylation is 1. The molecular weight excluding hydrogens is 340 g/mol. The third kappa shape index (κ3) is 4.05. The van der Waals surface area contributed by atoms with Crippen molar-refractivity contribution in [2.75, 3.05) is 37.7 Å². The van der Waals surface area contributed by atoms with Crippen LogP contribution in [0.2, 0.25) is 0 Å². The Balaban J connectivity index is 1.33. The monoisotopic (exact) mass is 368 g/mol. The number of carbonyl (C=O) groups excluding carboxylic acids is 1. The largest absolute Gasteiger partial charge is 0.381 e. The van der Waals surface area contributed by atoms with Gasteiger partial charge in [0.05, 0.1) is 5.69 Å². The minimum absolute atomic E-state index is 0.132. The first-order valence-electron chi connectivity index (χ1n) is 10.0. The molecule has 1 aromatic carbocycles. The van der Waals surface area contributed by atoms with E-state index in [2.05, 4.69) is 38.6 Å². The van der Waals surface area contributed by atoms with E-state index in [1.807, 2.05) is 13.0 Å². The lowest BCUT2D eigenvalue weighted by Crippen LogP contribution is -2.41. The number of ether oxygens (including phenoxy) is 1. The van der Waals surface area contributed by atoms with Crippen molar-refractivity contribution in [1.29, 1.82) is 0 Å². The molecule has 1 N–H and O–H groups in total. The minimum Gasteiger partial charge on any atom is -0.381 e. The molecule has 0 unspecified atom stereocenters. The van der Waals surface area contributed by atoms with Crippen LogP contribution in [0.15, 0.2) is 24.3 Å². The summed E-state index contributed by atoms with van der Waals surface area (Å²) in [5, 5.41) is 14.4. The molecule has 6 heteroatoms. The van der Waals surface area contributed by atoms with Crippen molar-refractivity contribution >= 4 is 22.5 Å². The van der Waals surface area contributed by atoms with Crippen LogP contribution in [0.4, 0.5) is 5.82 Å². The fourth-order valence-electron chi connectivity index (χ4n) is 4.16. The molecular formula is C21H28N4O2. The zero-order valence-electron chi connectivity index (χ0n) is 16.0. The number of carbonyl (C=O) groups is 1. The molecule has 2 aliphatic heterocycles. The summed E-state index contributed by atoms with van der Waals surface area (Å²) in [7, 11) is 0. The SMILES string of the molecule is Cc1nnc(N2CCC(CNC(=O)C3CCOCC3)CC2)c2ccccc12. The van der Waals surface area contributed by atoms with Crippen molar-refractivity contribution in [2.24, 2.45) is 11.8 Å². The Labute approximate surface area is 160 Å². The minimum atomic E-state index is 0.132. The number of nitrogens with one attached hydrogen (secondary N) is 1. The summed E-state index contributed by atoms with van der Waals surface area (Å²) in [6.45, 7) is 6.12. The Morgan fingerprint density at radius 1 is 1.11 bits per heavy atom. The standard InChI is InChI=1S/C21H28N4O2/c1-15-18-4-2-3-5-19(18)20(24-23-15)25-10-6-16(7-11-25)14-22-21(26)17-8-12-27-13-9-17/h2-5,16-17H,6-14H2,1H3,(H,22,26). The van der Waals surface area contributed by atoms with E-state index >= 15 is 0 Å². The zero-order chi connectivity index (χ0) is 18.6. The summed E-state index contributed by atoms with van der Waals surface area (Å²) in [6, 6.07) is 8.35. The van der Waals surface area contributed by atoms with Crippen LogP contribution < -0.4 is 10.2 Å². The molecule has 2 aliphatic rings. The molecule has 2 saturated heterocycles. The first-order chi connectivity index (χ1) is 13.2. The van der Waals surface area contributed by atoms with Crippen LogP contribution in [0.25, 0.3) is 10.8 Å². The molecule has 2 fully saturated rings. The van der Waals surface area contributed by atoms with E-state index in [-0.39, 0.29) is 11.8 Å². The van der Waals surface area contributed by atoms with E-state index in [0.717, 1.165) is 56.8 Å². The van der Waals surface area contributed by atoms with Crippen LogP contribution in [-0.2, 0) is 9.53 Å². The third-order valence-electron chi connectivity index (χ3n) is 5.92. The van der Waals surface area contributed by atoms with Crippen molar-refractivity contribution in [3.8, 4) is 0 Å². The van der Waals surface area contributed by atoms with Gasteiger partial charge in [-0.05, 0) is 38.5 Å². The molecule has 0 atom stereocenters. The van der Waals surface area contributed by atoms with Crippen molar-refractivity contribution in [1.82, 2.24) is 15.5 Å². The van der Waals surface area contributed by atoms with Gasteiger partial charge in [0.1, 0.15) is 0 Å². The number of benzene rings is 1. The summed E-state index contributed by atoms with van der Waals surface area (Å²) in [5.41, 5.74) is 0.972. The summed E-state index contributed by atoms with van der Waals surface area (Å²) < 4.78 is 5.34. The van der Waals surface area contributed by atoms with Crippen molar-refractivity contribution in [3.63, 3.8) is 0 Å². The summed E-state index contributed by atoms with van der Waals surface area (Å²) in [5.74, 6) is 1.86. The fraction of sp³-hybridized carbons (Fsp3) is 0.571. The number of hydrogen-bond acceptors (Lipinski definition) is 5. The number of amides is 1. The molecule has 6 nitrogen and oxygen atoms in total. The zero-order valence-corrected chi connectivity index (χ0v) is 16.0. The average Bonchev–Trinajstić information content (AvgIpc) is 2.74. The van der Waals surface area contributed by atoms with Gasteiger partial charge in [0.25, 0.3) is 0 Å². The maximum atomic E-state index is 12.3. The van der Waals surface area contributed by atoms with Gasteiger partial charge in [-0.25, -0.2) is 0 Å². The Morgan fingerprint density at radius 3 is 2.56 bits per heavy atom. The average molecular weight is 368 g/mol. The van der Waals surface area contributed by atoms with Gasteiger partial charge in [0.2, 0.25) is 5.91 Å². The van der Waals surface area contributed by atoms with Gasteiger partial charge in [0.15, 0.2) is 5.82 Å². The number of fused-ring (bicyclic) bond motifs is 1. The van der Waals surface area contributed by atoms with E-state index in [0.29, 0.717) is 19.1 Å². The number of hydrogen-bond donors (Lipinski definition) is 1. The van der Waals surface area contributed by atoms with E-state index in [4.69, 9.17) is 4.74 Å². The first kappa shape index (κ1) is 18.2. The van der Waals surface area contributed by atoms with E-state index in [1.54, 1.807) is 0 Å². The number of rotatable bonds is 4. The van der Waals surface area contributed by atoms with Gasteiger partial charge in [-0.2, -0.15) is 5.10 Å². The Hall–Kier alpha value is -2.21. The molecule has 1 amide bonds. The molecule has 2 aromatic rings. The highest BCUT2D eigenvalue weighted by molar-refractivity contribution is 5.93. The second-order valence-electron chi connectivity index (χ2n) is 7.72. The Morgan fingerprint density at radius 2 is 1.81 bits per heavy atom. The van der Waals surface area contributed by atoms with Crippen LogP contribution in [0.3, 0.4) is 0 Å². The van der Waals surface area contributed by atoms with Gasteiger partial charge >= 0.3 is 0 Å². The maximum absolute atomic E-state index is 12.3. The summed E-state index contributed by atoms with van der Waals surface area (Å²) in [6.07, 6.45) is 3.84. The maximum Gasteiger partial charge on any atom is 0.223 e. The quantitative estimate of drug-likeness (QED) is 0.899. The Kier molecular flexibility index (Phi) is 5.53. The lowest BCUT2D eigenvalue weighted by molar-refractivity contribution is -0.128. The van der Waals surface area contributed by atoms with Gasteiger partial charge in [-0.15, -0.1) is 5.10 Å². The van der Waals surface area contributed by atoms with Gasteiger partial charge in [0, 0.05) is 49.5 Å². The molecule has 1 aromatic heterocycles. The van der Waals surface area contributed by atoms with E-state index in [1.165, 1.54) is 10.8 Å². The van der Waals surface area contributed by atoms with E-state index in [9.17, 15) is 4.79 Å². The molecule has 0 radical (unpaired) electrons. The van der Waals surface area contributed by atoms with Crippen molar-refractivity contribution in [3.05, 3.63) is 30.0 Å². The molecule has 144 valence electrons. The van der Waals surface area contributed by atoms with Gasteiger partial charge in [-0.1, -0.05) is 24.3 Å². The predicted octanol–water partition coefficient (Wildman–Crippen LogP) is 2.70. The van der Waals surface area contributed by atoms with Crippen molar-refractivity contribution < 1.29 is 9.53 Å². The molecule has 0 bridgehead atoms. The normalized spacial score (nSPS) is 19.4. The fourth-order valence-corrected chi connectivity index (χ4v) is 4.16. The number of aromatic nitrogens is 2. The second-order valence-corrected chi connectivity index (χ2v) is 7.72. The highest BCUT2D eigenvalue weighted by Gasteiger charge is 2.25. The number of nitrogens with zero attached hydrogens (tertiary/aromatic N) is 3. The van der Waals surface area contributed by atoms with Crippen LogP contribution in [-0.4, -0.2) is 49.0 Å². The molecule has 27 heavy (non-hydrogen) atoms. The van der Waals surface area contributed by atoms with Crippen LogP contribution in [0, 0.1) is 18.8 Å². The lowest BCUT2D eigenvalue weighted by Gasteiger charge is -2.33. The first-order valence-corrected chi connectivity index (χ1v) is 10.0. The number of anilines is 1. The van der Waals surface area contributed by atoms with Gasteiger partial charge in [-0.3, -0.25) is 4.79 Å². The summed E-state index contributed by atoms with van der Waals surface area (Å²) >= 11 is 0. The van der Waals surface area contributed by atoms with Crippen LogP contribution in [0.1, 0.15) is 31.4 Å². The topological polar surface area (TPSA) is 67.4 Å². The predicted molar refractivity (Wildman–Crippen MR) is 106 cm³/mol. The molecule has 0 spiro atoms. The van der Waals surface area contributed by atoms with Crippen LogP contribution in [0.5, 0.6) is 0 Å². The summed E-state index contributed by atoms with van der Waals surface area (Å²) in [4.78, 5) is 14.6. The molecule has 3 heterocycles. The lowest BCUT2D eigenvalue weighted by atomic mass is 9.95. The highest BCUT2D eigenvalue weighted by Crippen LogP contribution is 2.29.